The van der Waals surface area contributed by atoms with Crippen LogP contribution in [0.2, 0.25) is 0 Å². The molecule has 1 saturated heterocycles. The lowest BCUT2D eigenvalue weighted by Crippen LogP contribution is -2.44. The molecule has 0 aliphatic carbocycles. The minimum atomic E-state index is -1.05. The number of hydrogen-bond acceptors (Lipinski definition) is 4. The van der Waals surface area contributed by atoms with E-state index >= 15 is 0 Å². The Morgan fingerprint density at radius 2 is 2.24 bits per heavy atom. The molecule has 5 heteroatoms. The third kappa shape index (κ3) is 2.81. The summed E-state index contributed by atoms with van der Waals surface area (Å²) in [6, 6.07) is 11.9. The van der Waals surface area contributed by atoms with Gasteiger partial charge < -0.3 is 10.0 Å². The Morgan fingerprint density at radius 3 is 2.95 bits per heavy atom. The molecule has 0 saturated carbocycles. The second kappa shape index (κ2) is 5.75. The maximum Gasteiger partial charge on any atom is 0.175 e. The average Bonchev–Trinajstić information content (AvgIpc) is 2.78. The molecule has 108 valence electrons. The first-order valence-electron chi connectivity index (χ1n) is 6.72. The van der Waals surface area contributed by atoms with Gasteiger partial charge in [-0.25, -0.2) is 0 Å². The van der Waals surface area contributed by atoms with E-state index in [2.05, 4.69) is 4.98 Å². The van der Waals surface area contributed by atoms with Crippen molar-refractivity contribution in [3.8, 4) is 0 Å². The molecular weight excluding hydrogens is 300 g/mol. The van der Waals surface area contributed by atoms with Crippen molar-refractivity contribution in [2.45, 2.75) is 19.2 Å². The van der Waals surface area contributed by atoms with Gasteiger partial charge in [-0.2, -0.15) is 0 Å². The van der Waals surface area contributed by atoms with Crippen LogP contribution in [0.15, 0.2) is 48.8 Å². The predicted octanol–water partition coefficient (Wildman–Crippen LogP) is 3.07. The van der Waals surface area contributed by atoms with Gasteiger partial charge in [0, 0.05) is 24.5 Å². The van der Waals surface area contributed by atoms with Crippen molar-refractivity contribution in [2.24, 2.45) is 0 Å². The number of hydrogen-bond donors (Lipinski definition) is 1. The van der Waals surface area contributed by atoms with E-state index in [9.17, 15) is 5.11 Å². The molecule has 1 atom stereocenters. The molecule has 1 aliphatic heterocycles. The van der Waals surface area contributed by atoms with Crippen LogP contribution in [-0.2, 0) is 12.3 Å². The fourth-order valence-corrected chi connectivity index (χ4v) is 3.88. The second-order valence-electron chi connectivity index (χ2n) is 5.19. The fourth-order valence-electron chi connectivity index (χ4n) is 2.47. The van der Waals surface area contributed by atoms with Gasteiger partial charge in [-0.05, 0) is 18.6 Å². The fraction of sp³-hybridized carbons (Fsp3) is 0.250. The molecule has 1 N–H and O–H groups in total. The van der Waals surface area contributed by atoms with Crippen LogP contribution in [0, 0.1) is 6.92 Å². The minimum Gasteiger partial charge on any atom is -0.366 e. The first kappa shape index (κ1) is 14.5. The van der Waals surface area contributed by atoms with Crippen molar-refractivity contribution >= 4 is 28.3 Å². The summed E-state index contributed by atoms with van der Waals surface area (Å²) in [5, 5.41) is 11.2. The third-order valence-corrected chi connectivity index (χ3v) is 5.20. The summed E-state index contributed by atoms with van der Waals surface area (Å²) in [7, 11) is 0. The van der Waals surface area contributed by atoms with Gasteiger partial charge >= 0.3 is 0 Å². The highest BCUT2D eigenvalue weighted by Crippen LogP contribution is 2.40. The van der Waals surface area contributed by atoms with Crippen LogP contribution >= 0.6 is 24.0 Å². The highest BCUT2D eigenvalue weighted by Gasteiger charge is 2.43. The quantitative estimate of drug-likeness (QED) is 0.881. The molecule has 0 radical (unpaired) electrons. The monoisotopic (exact) mass is 316 g/mol. The Morgan fingerprint density at radius 1 is 1.38 bits per heavy atom. The topological polar surface area (TPSA) is 36.4 Å². The molecule has 2 heterocycles. The van der Waals surface area contributed by atoms with Crippen molar-refractivity contribution in [2.75, 3.05) is 5.75 Å². The number of thiocarbonyl (C=S) groups is 1. The molecule has 0 amide bonds. The van der Waals surface area contributed by atoms with E-state index < -0.39 is 5.72 Å². The maximum atomic E-state index is 11.2. The normalized spacial score (nSPS) is 21.8. The molecular formula is C16H16N2OS2. The summed E-state index contributed by atoms with van der Waals surface area (Å²) in [5.41, 5.74) is 2.00. The lowest BCUT2D eigenvalue weighted by atomic mass is 10.0. The summed E-state index contributed by atoms with van der Waals surface area (Å²) in [4.78, 5) is 6.02. The van der Waals surface area contributed by atoms with Crippen molar-refractivity contribution in [1.29, 1.82) is 0 Å². The van der Waals surface area contributed by atoms with Crippen molar-refractivity contribution in [3.63, 3.8) is 0 Å². The Bertz CT molecular complexity index is 662. The van der Waals surface area contributed by atoms with Gasteiger partial charge in [-0.15, -0.1) is 0 Å². The highest BCUT2D eigenvalue weighted by molar-refractivity contribution is 8.23. The Kier molecular flexibility index (Phi) is 3.97. The van der Waals surface area contributed by atoms with Crippen LogP contribution in [0.25, 0.3) is 0 Å². The molecule has 2 aromatic rings. The number of aryl methyl sites for hydroxylation is 1. The predicted molar refractivity (Wildman–Crippen MR) is 89.9 cm³/mol. The van der Waals surface area contributed by atoms with Crippen LogP contribution in [0.4, 0.5) is 0 Å². The van der Waals surface area contributed by atoms with Gasteiger partial charge in [0.15, 0.2) is 5.72 Å². The highest BCUT2D eigenvalue weighted by atomic mass is 32.2. The lowest BCUT2D eigenvalue weighted by Gasteiger charge is -2.34. The molecule has 3 rings (SSSR count). The van der Waals surface area contributed by atoms with Crippen LogP contribution in [-0.4, -0.2) is 25.1 Å². The summed E-state index contributed by atoms with van der Waals surface area (Å²) < 4.78 is 0.725. The number of aliphatic hydroxyl groups is 1. The zero-order chi connectivity index (χ0) is 14.9. The first-order chi connectivity index (χ1) is 10.1. The molecule has 1 aromatic heterocycles. The van der Waals surface area contributed by atoms with Crippen LogP contribution < -0.4 is 0 Å². The number of rotatable bonds is 3. The molecule has 3 nitrogen and oxygen atoms in total. The molecule has 1 unspecified atom stereocenters. The molecule has 0 spiro atoms. The van der Waals surface area contributed by atoms with E-state index in [0.29, 0.717) is 12.3 Å². The number of nitrogens with zero attached hydrogens (tertiary/aromatic N) is 2. The summed E-state index contributed by atoms with van der Waals surface area (Å²) in [6.07, 6.45) is 3.55. The zero-order valence-electron chi connectivity index (χ0n) is 11.7. The molecule has 1 aliphatic rings. The van der Waals surface area contributed by atoms with E-state index in [-0.39, 0.29) is 0 Å². The van der Waals surface area contributed by atoms with Gasteiger partial charge in [0.05, 0.1) is 5.75 Å². The minimum absolute atomic E-state index is 0.551. The lowest BCUT2D eigenvalue weighted by molar-refractivity contribution is -0.0509. The van der Waals surface area contributed by atoms with Gasteiger partial charge in [0.1, 0.15) is 4.32 Å². The Balaban J connectivity index is 1.95. The van der Waals surface area contributed by atoms with Gasteiger partial charge in [-0.3, -0.25) is 4.98 Å². The number of thioether (sulfide) groups is 1. The van der Waals surface area contributed by atoms with Crippen LogP contribution in [0.3, 0.4) is 0 Å². The van der Waals surface area contributed by atoms with Gasteiger partial charge in [0.25, 0.3) is 0 Å². The van der Waals surface area contributed by atoms with E-state index in [4.69, 9.17) is 12.2 Å². The SMILES string of the molecule is Cc1cccc(C2(O)CSC(=S)N2Cc2cccnc2)c1. The number of pyridine rings is 1. The van der Waals surface area contributed by atoms with E-state index in [1.165, 1.54) is 11.8 Å². The number of benzene rings is 1. The van der Waals surface area contributed by atoms with E-state index in [0.717, 1.165) is 21.0 Å². The molecule has 1 aromatic carbocycles. The van der Waals surface area contributed by atoms with Crippen LogP contribution in [0.5, 0.6) is 0 Å². The molecule has 0 bridgehead atoms. The van der Waals surface area contributed by atoms with E-state index in [1.54, 1.807) is 6.20 Å². The zero-order valence-corrected chi connectivity index (χ0v) is 13.3. The Labute approximate surface area is 134 Å². The Hall–Kier alpha value is -1.43. The molecule has 21 heavy (non-hydrogen) atoms. The van der Waals surface area contributed by atoms with Crippen molar-refractivity contribution in [1.82, 2.24) is 9.88 Å². The second-order valence-corrected chi connectivity index (χ2v) is 6.80. The standard InChI is InChI=1S/C16H16N2OS2/c1-12-4-2-6-14(8-12)16(19)11-21-15(20)18(16)10-13-5-3-7-17-9-13/h2-9,19H,10-11H2,1H3. The third-order valence-electron chi connectivity index (χ3n) is 3.61. The average molecular weight is 316 g/mol. The largest absolute Gasteiger partial charge is 0.366 e. The van der Waals surface area contributed by atoms with Gasteiger partial charge in [0.2, 0.25) is 0 Å². The first-order valence-corrected chi connectivity index (χ1v) is 8.12. The molecule has 1 fully saturated rings. The summed E-state index contributed by atoms with van der Waals surface area (Å²) in [6.45, 7) is 2.59. The smallest absolute Gasteiger partial charge is 0.175 e. The van der Waals surface area contributed by atoms with E-state index in [1.807, 2.05) is 54.4 Å². The maximum absolute atomic E-state index is 11.2. The van der Waals surface area contributed by atoms with Gasteiger partial charge in [-0.1, -0.05) is 59.9 Å². The van der Waals surface area contributed by atoms with Crippen molar-refractivity contribution in [3.05, 3.63) is 65.5 Å². The van der Waals surface area contributed by atoms with Crippen LogP contribution in [0.1, 0.15) is 16.7 Å². The van der Waals surface area contributed by atoms with Crippen molar-refractivity contribution < 1.29 is 5.11 Å². The summed E-state index contributed by atoms with van der Waals surface area (Å²) >= 11 is 6.95. The summed E-state index contributed by atoms with van der Waals surface area (Å²) in [5.74, 6) is 0.551. The number of aromatic nitrogens is 1.